The van der Waals surface area contributed by atoms with Crippen molar-refractivity contribution in [2.45, 2.75) is 25.8 Å². The lowest BCUT2D eigenvalue weighted by Crippen LogP contribution is -2.33. The first kappa shape index (κ1) is 16.6. The van der Waals surface area contributed by atoms with Crippen LogP contribution in [0.3, 0.4) is 0 Å². The first-order valence-corrected chi connectivity index (χ1v) is 8.84. The SMILES string of the molecule is COc1ccc2[nH]c3c(c2c1)CC(C(=O)NCc1ccccc1F)CC3. The number of fused-ring (bicyclic) bond motifs is 3. The van der Waals surface area contributed by atoms with Crippen LogP contribution in [-0.2, 0) is 24.2 Å². The normalized spacial score (nSPS) is 16.3. The highest BCUT2D eigenvalue weighted by atomic mass is 19.1. The average molecular weight is 352 g/mol. The Kier molecular flexibility index (Phi) is 4.37. The topological polar surface area (TPSA) is 54.1 Å². The van der Waals surface area contributed by atoms with Gasteiger partial charge in [0.15, 0.2) is 0 Å². The van der Waals surface area contributed by atoms with Crippen LogP contribution in [0.2, 0.25) is 0 Å². The maximum atomic E-state index is 13.7. The maximum absolute atomic E-state index is 13.7. The van der Waals surface area contributed by atoms with E-state index < -0.39 is 0 Å². The van der Waals surface area contributed by atoms with Crippen molar-refractivity contribution in [2.75, 3.05) is 7.11 Å². The van der Waals surface area contributed by atoms with Crippen LogP contribution in [-0.4, -0.2) is 18.0 Å². The van der Waals surface area contributed by atoms with Crippen molar-refractivity contribution in [1.82, 2.24) is 10.3 Å². The molecule has 26 heavy (non-hydrogen) atoms. The number of H-pyrrole nitrogens is 1. The summed E-state index contributed by atoms with van der Waals surface area (Å²) in [7, 11) is 1.65. The molecule has 0 saturated carbocycles. The number of carbonyl (C=O) groups is 1. The lowest BCUT2D eigenvalue weighted by Gasteiger charge is -2.22. The molecule has 1 heterocycles. The standard InChI is InChI=1S/C21H21FN2O2/c1-26-15-7-9-20-17(11-15)16-10-13(6-8-19(16)24-20)21(25)23-12-14-4-2-3-5-18(14)22/h2-5,7,9,11,13,24H,6,8,10,12H2,1H3,(H,23,25). The monoisotopic (exact) mass is 352 g/mol. The molecular weight excluding hydrogens is 331 g/mol. The molecule has 1 aliphatic rings. The van der Waals surface area contributed by atoms with Crippen molar-refractivity contribution in [3.63, 3.8) is 0 Å². The highest BCUT2D eigenvalue weighted by Crippen LogP contribution is 2.33. The number of hydrogen-bond acceptors (Lipinski definition) is 2. The van der Waals surface area contributed by atoms with E-state index in [1.807, 2.05) is 18.2 Å². The summed E-state index contributed by atoms with van der Waals surface area (Å²) in [4.78, 5) is 16.1. The Morgan fingerprint density at radius 2 is 2.15 bits per heavy atom. The zero-order chi connectivity index (χ0) is 18.1. The van der Waals surface area contributed by atoms with Gasteiger partial charge in [-0.15, -0.1) is 0 Å². The van der Waals surface area contributed by atoms with Crippen molar-refractivity contribution < 1.29 is 13.9 Å². The maximum Gasteiger partial charge on any atom is 0.223 e. The van der Waals surface area contributed by atoms with Gasteiger partial charge in [-0.05, 0) is 49.1 Å². The van der Waals surface area contributed by atoms with E-state index in [2.05, 4.69) is 10.3 Å². The molecule has 1 aliphatic carbocycles. The average Bonchev–Trinajstić information content (AvgIpc) is 3.04. The number of amides is 1. The first-order valence-electron chi connectivity index (χ1n) is 8.84. The number of aromatic amines is 1. The van der Waals surface area contributed by atoms with Gasteiger partial charge in [-0.3, -0.25) is 4.79 Å². The lowest BCUT2D eigenvalue weighted by atomic mass is 9.85. The zero-order valence-corrected chi connectivity index (χ0v) is 14.6. The second-order valence-corrected chi connectivity index (χ2v) is 6.74. The van der Waals surface area contributed by atoms with Gasteiger partial charge in [-0.25, -0.2) is 4.39 Å². The van der Waals surface area contributed by atoms with Crippen LogP contribution < -0.4 is 10.1 Å². The van der Waals surface area contributed by atoms with Crippen molar-refractivity contribution >= 4 is 16.8 Å². The zero-order valence-electron chi connectivity index (χ0n) is 14.6. The molecule has 0 radical (unpaired) electrons. The summed E-state index contributed by atoms with van der Waals surface area (Å²) in [5, 5.41) is 4.01. The number of benzene rings is 2. The van der Waals surface area contributed by atoms with Crippen LogP contribution in [0.4, 0.5) is 4.39 Å². The number of aryl methyl sites for hydroxylation is 1. The minimum absolute atomic E-state index is 0.0175. The number of aromatic nitrogens is 1. The van der Waals surface area contributed by atoms with Crippen molar-refractivity contribution in [3.8, 4) is 5.75 Å². The fourth-order valence-corrected chi connectivity index (χ4v) is 3.72. The van der Waals surface area contributed by atoms with Crippen LogP contribution in [0, 0.1) is 11.7 Å². The highest BCUT2D eigenvalue weighted by molar-refractivity contribution is 5.88. The van der Waals surface area contributed by atoms with Gasteiger partial charge in [0.2, 0.25) is 5.91 Å². The van der Waals surface area contributed by atoms with Crippen molar-refractivity contribution in [1.29, 1.82) is 0 Å². The molecular formula is C21H21FN2O2. The van der Waals surface area contributed by atoms with E-state index in [1.54, 1.807) is 25.3 Å². The van der Waals surface area contributed by atoms with Gasteiger partial charge in [-0.1, -0.05) is 18.2 Å². The van der Waals surface area contributed by atoms with Crippen LogP contribution in [0.25, 0.3) is 10.9 Å². The van der Waals surface area contributed by atoms with Gasteiger partial charge in [-0.2, -0.15) is 0 Å². The molecule has 1 amide bonds. The number of hydrogen-bond donors (Lipinski definition) is 2. The molecule has 4 nitrogen and oxygen atoms in total. The number of halogens is 1. The molecule has 2 N–H and O–H groups in total. The molecule has 134 valence electrons. The summed E-state index contributed by atoms with van der Waals surface area (Å²) in [5.74, 6) is 0.406. The Bertz CT molecular complexity index is 964. The molecule has 0 saturated heterocycles. The molecule has 0 fully saturated rings. The summed E-state index contributed by atoms with van der Waals surface area (Å²) in [6, 6.07) is 12.5. The lowest BCUT2D eigenvalue weighted by molar-refractivity contribution is -0.125. The summed E-state index contributed by atoms with van der Waals surface area (Å²) in [6.07, 6.45) is 2.32. The minimum atomic E-state index is -0.289. The Morgan fingerprint density at radius 1 is 1.31 bits per heavy atom. The van der Waals surface area contributed by atoms with E-state index in [4.69, 9.17) is 4.74 Å². The van der Waals surface area contributed by atoms with E-state index in [9.17, 15) is 9.18 Å². The number of carbonyl (C=O) groups excluding carboxylic acids is 1. The third kappa shape index (κ3) is 3.05. The molecule has 3 aromatic rings. The van der Waals surface area contributed by atoms with Crippen LogP contribution in [0.15, 0.2) is 42.5 Å². The second-order valence-electron chi connectivity index (χ2n) is 6.74. The van der Waals surface area contributed by atoms with Crippen LogP contribution >= 0.6 is 0 Å². The van der Waals surface area contributed by atoms with E-state index in [0.717, 1.165) is 29.5 Å². The quantitative estimate of drug-likeness (QED) is 0.752. The van der Waals surface area contributed by atoms with Gasteiger partial charge in [0.25, 0.3) is 0 Å². The van der Waals surface area contributed by atoms with Crippen LogP contribution in [0.5, 0.6) is 5.75 Å². The molecule has 1 aromatic heterocycles. The van der Waals surface area contributed by atoms with Gasteiger partial charge in [0.1, 0.15) is 11.6 Å². The Morgan fingerprint density at radius 3 is 2.96 bits per heavy atom. The van der Waals surface area contributed by atoms with Gasteiger partial charge in [0, 0.05) is 34.6 Å². The van der Waals surface area contributed by atoms with E-state index in [1.165, 1.54) is 17.3 Å². The molecule has 2 aromatic carbocycles. The van der Waals surface area contributed by atoms with Crippen molar-refractivity contribution in [2.24, 2.45) is 5.92 Å². The Balaban J connectivity index is 1.50. The minimum Gasteiger partial charge on any atom is -0.497 e. The van der Waals surface area contributed by atoms with E-state index in [0.29, 0.717) is 12.0 Å². The summed E-state index contributed by atoms with van der Waals surface area (Å²) >= 11 is 0. The fourth-order valence-electron chi connectivity index (χ4n) is 3.72. The predicted octanol–water partition coefficient (Wildman–Crippen LogP) is 3.74. The number of rotatable bonds is 4. The molecule has 4 rings (SSSR count). The molecule has 1 atom stereocenters. The summed E-state index contributed by atoms with van der Waals surface area (Å²) < 4.78 is 19.0. The third-order valence-corrected chi connectivity index (χ3v) is 5.18. The summed E-state index contributed by atoms with van der Waals surface area (Å²) in [5.41, 5.74) is 3.97. The molecule has 0 bridgehead atoms. The number of ether oxygens (including phenoxy) is 1. The fraction of sp³-hybridized carbons (Fsp3) is 0.286. The summed E-state index contributed by atoms with van der Waals surface area (Å²) in [6.45, 7) is 0.219. The van der Waals surface area contributed by atoms with Gasteiger partial charge >= 0.3 is 0 Å². The van der Waals surface area contributed by atoms with Gasteiger partial charge in [0.05, 0.1) is 7.11 Å². The third-order valence-electron chi connectivity index (χ3n) is 5.18. The molecule has 0 aliphatic heterocycles. The van der Waals surface area contributed by atoms with Gasteiger partial charge < -0.3 is 15.0 Å². The second kappa shape index (κ2) is 6.83. The highest BCUT2D eigenvalue weighted by Gasteiger charge is 2.27. The molecule has 5 heteroatoms. The molecule has 1 unspecified atom stereocenters. The Hall–Kier alpha value is -2.82. The largest absolute Gasteiger partial charge is 0.497 e. The van der Waals surface area contributed by atoms with E-state index in [-0.39, 0.29) is 24.2 Å². The predicted molar refractivity (Wildman–Crippen MR) is 98.6 cm³/mol. The van der Waals surface area contributed by atoms with Crippen molar-refractivity contribution in [3.05, 3.63) is 65.1 Å². The van der Waals surface area contributed by atoms with E-state index >= 15 is 0 Å². The first-order chi connectivity index (χ1) is 12.7. The molecule has 0 spiro atoms. The smallest absolute Gasteiger partial charge is 0.223 e. The number of nitrogens with one attached hydrogen (secondary N) is 2. The Labute approximate surface area is 151 Å². The van der Waals surface area contributed by atoms with Crippen LogP contribution in [0.1, 0.15) is 23.2 Å². The number of methoxy groups -OCH3 is 1.